The van der Waals surface area contributed by atoms with E-state index < -0.39 is 0 Å². The number of halogens is 1. The number of hydrogen-bond acceptors (Lipinski definition) is 6. The summed E-state index contributed by atoms with van der Waals surface area (Å²) in [6.45, 7) is 1.56. The molecule has 1 N–H and O–H groups in total. The molecule has 1 aromatic heterocycles. The monoisotopic (exact) mass is 343 g/mol. The van der Waals surface area contributed by atoms with Gasteiger partial charge in [0.15, 0.2) is 11.5 Å². The lowest BCUT2D eigenvalue weighted by Gasteiger charge is -2.19. The Morgan fingerprint density at radius 3 is 2.58 bits per heavy atom. The Morgan fingerprint density at radius 2 is 1.75 bits per heavy atom. The maximum Gasteiger partial charge on any atom is 0.247 e. The van der Waals surface area contributed by atoms with Crippen molar-refractivity contribution in [1.82, 2.24) is 10.2 Å². The second kappa shape index (κ2) is 6.41. The molecular weight excluding hydrogens is 330 g/mol. The minimum Gasteiger partial charge on any atom is -0.486 e. The number of rotatable bonds is 4. The number of ether oxygens (including phenoxy) is 2. The molecule has 0 unspecified atom stereocenters. The molecule has 0 saturated heterocycles. The van der Waals surface area contributed by atoms with Crippen molar-refractivity contribution in [2.45, 2.75) is 6.54 Å². The molecule has 0 saturated carbocycles. The third-order valence-corrected chi connectivity index (χ3v) is 3.80. The molecule has 1 aliphatic rings. The summed E-state index contributed by atoms with van der Waals surface area (Å²) in [7, 11) is 0. The molecule has 6 nitrogen and oxygen atoms in total. The fourth-order valence-corrected chi connectivity index (χ4v) is 2.49. The highest BCUT2D eigenvalue weighted by Crippen LogP contribution is 2.32. The lowest BCUT2D eigenvalue weighted by atomic mass is 10.2. The van der Waals surface area contributed by atoms with Crippen LogP contribution in [0.15, 0.2) is 46.9 Å². The predicted octanol–water partition coefficient (Wildman–Crippen LogP) is 3.77. The summed E-state index contributed by atoms with van der Waals surface area (Å²) in [5, 5.41) is 12.0. The van der Waals surface area contributed by atoms with Gasteiger partial charge in [0, 0.05) is 22.3 Å². The van der Waals surface area contributed by atoms with Crippen LogP contribution in [0.25, 0.3) is 11.5 Å². The zero-order valence-corrected chi connectivity index (χ0v) is 13.4. The van der Waals surface area contributed by atoms with Gasteiger partial charge in [0.25, 0.3) is 0 Å². The molecule has 0 radical (unpaired) electrons. The van der Waals surface area contributed by atoms with Crippen molar-refractivity contribution in [3.05, 3.63) is 53.4 Å². The van der Waals surface area contributed by atoms with Crippen LogP contribution in [0.5, 0.6) is 11.5 Å². The molecule has 2 heterocycles. The third-order valence-electron chi connectivity index (χ3n) is 3.54. The fourth-order valence-electron chi connectivity index (χ4n) is 2.37. The van der Waals surface area contributed by atoms with Crippen LogP contribution < -0.4 is 14.8 Å². The van der Waals surface area contributed by atoms with E-state index in [2.05, 4.69) is 15.5 Å². The van der Waals surface area contributed by atoms with Crippen LogP contribution in [0.2, 0.25) is 5.02 Å². The van der Waals surface area contributed by atoms with Crippen molar-refractivity contribution >= 4 is 17.3 Å². The lowest BCUT2D eigenvalue weighted by molar-refractivity contribution is 0.171. The minimum atomic E-state index is 0.417. The summed E-state index contributed by atoms with van der Waals surface area (Å²) in [5.41, 5.74) is 1.72. The van der Waals surface area contributed by atoms with E-state index in [4.69, 9.17) is 25.5 Å². The molecule has 0 fully saturated rings. The molecule has 4 rings (SSSR count). The molecule has 1 aliphatic heterocycles. The molecule has 0 spiro atoms. The quantitative estimate of drug-likeness (QED) is 0.777. The molecule has 2 aromatic carbocycles. The Bertz CT molecular complexity index is 849. The third kappa shape index (κ3) is 3.14. The number of nitrogens with one attached hydrogen (secondary N) is 1. The van der Waals surface area contributed by atoms with Crippen molar-refractivity contribution in [2.75, 3.05) is 18.5 Å². The first-order valence-electron chi connectivity index (χ1n) is 7.50. The van der Waals surface area contributed by atoms with E-state index in [1.165, 1.54) is 0 Å². The Morgan fingerprint density at radius 1 is 0.958 bits per heavy atom. The van der Waals surface area contributed by atoms with E-state index in [1.807, 2.05) is 30.3 Å². The van der Waals surface area contributed by atoms with E-state index in [0.29, 0.717) is 36.6 Å². The van der Waals surface area contributed by atoms with Gasteiger partial charge >= 0.3 is 0 Å². The molecule has 0 aliphatic carbocycles. The number of benzene rings is 2. The average Bonchev–Trinajstić information content (AvgIpc) is 3.09. The van der Waals surface area contributed by atoms with Gasteiger partial charge in [-0.25, -0.2) is 0 Å². The second-order valence-corrected chi connectivity index (χ2v) is 5.66. The Kier molecular flexibility index (Phi) is 3.96. The van der Waals surface area contributed by atoms with Crippen LogP contribution in [0.1, 0.15) is 5.89 Å². The fraction of sp³-hybridized carbons (Fsp3) is 0.176. The first kappa shape index (κ1) is 14.8. The van der Waals surface area contributed by atoms with Gasteiger partial charge in [-0.1, -0.05) is 11.6 Å². The summed E-state index contributed by atoms with van der Waals surface area (Å²) in [5.74, 6) is 2.45. The van der Waals surface area contributed by atoms with Gasteiger partial charge in [-0.15, -0.1) is 10.2 Å². The van der Waals surface area contributed by atoms with Crippen LogP contribution in [0.4, 0.5) is 5.69 Å². The standard InChI is InChI=1S/C17H14ClN3O3/c18-12-3-1-11(2-4-12)17-21-20-16(24-17)10-19-13-5-6-14-15(9-13)23-8-7-22-14/h1-6,9,19H,7-8,10H2. The predicted molar refractivity (Wildman–Crippen MR) is 89.5 cm³/mol. The van der Waals surface area contributed by atoms with Crippen LogP contribution in [0.3, 0.4) is 0 Å². The van der Waals surface area contributed by atoms with E-state index in [-0.39, 0.29) is 0 Å². The van der Waals surface area contributed by atoms with E-state index in [0.717, 1.165) is 22.7 Å². The van der Waals surface area contributed by atoms with E-state index >= 15 is 0 Å². The number of nitrogens with zero attached hydrogens (tertiary/aromatic N) is 2. The highest BCUT2D eigenvalue weighted by Gasteiger charge is 2.12. The van der Waals surface area contributed by atoms with Crippen LogP contribution in [-0.2, 0) is 6.54 Å². The highest BCUT2D eigenvalue weighted by atomic mass is 35.5. The average molecular weight is 344 g/mol. The van der Waals surface area contributed by atoms with Gasteiger partial charge in [0.05, 0.1) is 6.54 Å². The normalized spacial score (nSPS) is 12.9. The molecule has 0 amide bonds. The molecule has 3 aromatic rings. The number of fused-ring (bicyclic) bond motifs is 1. The topological polar surface area (TPSA) is 69.4 Å². The van der Waals surface area contributed by atoms with Crippen molar-refractivity contribution in [1.29, 1.82) is 0 Å². The second-order valence-electron chi connectivity index (χ2n) is 5.22. The van der Waals surface area contributed by atoms with Gasteiger partial charge in [0.2, 0.25) is 11.8 Å². The number of aromatic nitrogens is 2. The summed E-state index contributed by atoms with van der Waals surface area (Å²) < 4.78 is 16.7. The zero-order valence-electron chi connectivity index (χ0n) is 12.7. The molecular formula is C17H14ClN3O3. The smallest absolute Gasteiger partial charge is 0.247 e. The zero-order chi connectivity index (χ0) is 16.4. The van der Waals surface area contributed by atoms with Crippen molar-refractivity contribution < 1.29 is 13.9 Å². The van der Waals surface area contributed by atoms with Gasteiger partial charge in [-0.3, -0.25) is 0 Å². The first-order chi connectivity index (χ1) is 11.8. The molecule has 24 heavy (non-hydrogen) atoms. The Labute approximate surface area is 143 Å². The summed E-state index contributed by atoms with van der Waals surface area (Å²) in [4.78, 5) is 0. The lowest BCUT2D eigenvalue weighted by Crippen LogP contribution is -2.15. The minimum absolute atomic E-state index is 0.417. The molecule has 0 bridgehead atoms. The van der Waals surface area contributed by atoms with Gasteiger partial charge in [-0.2, -0.15) is 0 Å². The summed E-state index contributed by atoms with van der Waals surface area (Å²) in [6, 6.07) is 12.9. The van der Waals surface area contributed by atoms with Crippen molar-refractivity contribution in [3.8, 4) is 23.0 Å². The van der Waals surface area contributed by atoms with Gasteiger partial charge in [-0.05, 0) is 36.4 Å². The van der Waals surface area contributed by atoms with E-state index in [9.17, 15) is 0 Å². The first-order valence-corrected chi connectivity index (χ1v) is 7.87. The maximum absolute atomic E-state index is 5.88. The van der Waals surface area contributed by atoms with Gasteiger partial charge < -0.3 is 19.2 Å². The van der Waals surface area contributed by atoms with Crippen LogP contribution in [0, 0.1) is 0 Å². The SMILES string of the molecule is Clc1ccc(-c2nnc(CNc3ccc4c(c3)OCCO4)o2)cc1. The largest absolute Gasteiger partial charge is 0.486 e. The molecule has 122 valence electrons. The van der Waals surface area contributed by atoms with Crippen LogP contribution in [-0.4, -0.2) is 23.4 Å². The highest BCUT2D eigenvalue weighted by molar-refractivity contribution is 6.30. The number of anilines is 1. The van der Waals surface area contributed by atoms with Crippen LogP contribution >= 0.6 is 11.6 Å². The maximum atomic E-state index is 5.88. The Balaban J connectivity index is 1.44. The molecule has 7 heteroatoms. The van der Waals surface area contributed by atoms with Crippen molar-refractivity contribution in [2.24, 2.45) is 0 Å². The van der Waals surface area contributed by atoms with Crippen molar-refractivity contribution in [3.63, 3.8) is 0 Å². The summed E-state index contributed by atoms with van der Waals surface area (Å²) in [6.07, 6.45) is 0. The van der Waals surface area contributed by atoms with Gasteiger partial charge in [0.1, 0.15) is 13.2 Å². The number of hydrogen-bond donors (Lipinski definition) is 1. The van der Waals surface area contributed by atoms with E-state index in [1.54, 1.807) is 12.1 Å². The summed E-state index contributed by atoms with van der Waals surface area (Å²) >= 11 is 5.88. The Hall–Kier alpha value is -2.73. The molecule has 0 atom stereocenters.